The Bertz CT molecular complexity index is 1130. The van der Waals surface area contributed by atoms with Crippen LogP contribution >= 0.6 is 27.7 Å². The maximum Gasteiger partial charge on any atom is 0.313 e. The zero-order valence-corrected chi connectivity index (χ0v) is 17.1. The van der Waals surface area contributed by atoms with Crippen molar-refractivity contribution in [2.24, 2.45) is 9.98 Å². The topological polar surface area (TPSA) is 137 Å². The number of furan rings is 1. The van der Waals surface area contributed by atoms with Crippen LogP contribution in [0.1, 0.15) is 10.6 Å². The molecule has 154 valence electrons. The van der Waals surface area contributed by atoms with Gasteiger partial charge in [-0.05, 0) is 40.2 Å². The molecule has 13 heteroatoms. The second-order valence-electron chi connectivity index (χ2n) is 5.55. The van der Waals surface area contributed by atoms with E-state index in [2.05, 4.69) is 36.5 Å². The number of hydrogen-bond acceptors (Lipinski definition) is 6. The molecule has 2 heterocycles. The number of amidine groups is 2. The second kappa shape index (κ2) is 9.09. The van der Waals surface area contributed by atoms with E-state index in [-0.39, 0.29) is 22.4 Å². The molecule has 2 aromatic rings. The highest BCUT2D eigenvalue weighted by Gasteiger charge is 2.27. The Balaban J connectivity index is 1.62. The number of thioether (sulfide) groups is 1. The summed E-state index contributed by atoms with van der Waals surface area (Å²) < 4.78 is 31.8. The lowest BCUT2D eigenvalue weighted by molar-refractivity contribution is -0.114. The van der Waals surface area contributed by atoms with Gasteiger partial charge >= 0.3 is 5.91 Å². The van der Waals surface area contributed by atoms with Gasteiger partial charge < -0.3 is 9.73 Å². The van der Waals surface area contributed by atoms with Gasteiger partial charge in [-0.25, -0.2) is 13.8 Å². The van der Waals surface area contributed by atoms with Crippen molar-refractivity contribution in [3.05, 3.63) is 52.4 Å². The number of carbonyl (C=O) groups excluding carboxylic acids is 3. The Hall–Kier alpha value is -3.19. The predicted molar refractivity (Wildman–Crippen MR) is 109 cm³/mol. The number of nitrogens with zero attached hydrogens (tertiary/aromatic N) is 2. The van der Waals surface area contributed by atoms with Gasteiger partial charge in [0.1, 0.15) is 11.6 Å². The zero-order chi connectivity index (χ0) is 21.8. The van der Waals surface area contributed by atoms with E-state index >= 15 is 0 Å². The number of rotatable bonds is 4. The molecule has 1 aliphatic heterocycles. The van der Waals surface area contributed by atoms with Crippen molar-refractivity contribution in [1.29, 1.82) is 5.41 Å². The molecule has 1 aromatic heterocycles. The van der Waals surface area contributed by atoms with Crippen LogP contribution in [0, 0.1) is 17.0 Å². The van der Waals surface area contributed by atoms with Crippen LogP contribution in [0.5, 0.6) is 0 Å². The van der Waals surface area contributed by atoms with Gasteiger partial charge in [0, 0.05) is 6.07 Å². The normalized spacial score (nSPS) is 15.0. The second-order valence-corrected chi connectivity index (χ2v) is 7.30. The molecule has 0 atom stereocenters. The lowest BCUT2D eigenvalue weighted by Gasteiger charge is -2.14. The number of aliphatic imine (C=N–C) groups is 2. The number of benzene rings is 1. The minimum Gasteiger partial charge on any atom is -0.444 e. The Labute approximate surface area is 179 Å². The molecule has 0 saturated heterocycles. The minimum atomic E-state index is -0.937. The van der Waals surface area contributed by atoms with Crippen molar-refractivity contribution >= 4 is 67.8 Å². The fraction of sp³-hybridized carbons (Fsp3) is 0.0588. The van der Waals surface area contributed by atoms with Crippen LogP contribution in [-0.4, -0.2) is 40.2 Å². The van der Waals surface area contributed by atoms with E-state index in [1.807, 2.05) is 0 Å². The number of amides is 3. The Kier molecular flexibility index (Phi) is 6.52. The van der Waals surface area contributed by atoms with Crippen LogP contribution in [0.2, 0.25) is 0 Å². The van der Waals surface area contributed by atoms with Crippen molar-refractivity contribution in [2.75, 3.05) is 11.1 Å². The molecular formula is C17H10BrF2N5O4S. The monoisotopic (exact) mass is 497 g/mol. The molecule has 0 unspecified atom stereocenters. The molecule has 1 aromatic carbocycles. The molecule has 9 nitrogen and oxygen atoms in total. The third-order valence-corrected chi connectivity index (χ3v) is 4.72. The summed E-state index contributed by atoms with van der Waals surface area (Å²) in [5, 5.41) is 12.3. The SMILES string of the molecule is N=C1N=C(SCC(=O)Nc2ccc(F)cc2F)NC(=O)C1=NC(=O)c1ccc(Br)o1. The van der Waals surface area contributed by atoms with E-state index in [0.29, 0.717) is 10.7 Å². The van der Waals surface area contributed by atoms with Gasteiger partial charge in [-0.15, -0.1) is 0 Å². The minimum absolute atomic E-state index is 0.0770. The summed E-state index contributed by atoms with van der Waals surface area (Å²) in [6.07, 6.45) is 0. The van der Waals surface area contributed by atoms with Crippen LogP contribution < -0.4 is 10.6 Å². The number of carbonyl (C=O) groups is 3. The molecule has 0 spiro atoms. The summed E-state index contributed by atoms with van der Waals surface area (Å²) in [4.78, 5) is 43.4. The Morgan fingerprint density at radius 2 is 2.07 bits per heavy atom. The fourth-order valence-electron chi connectivity index (χ4n) is 2.12. The van der Waals surface area contributed by atoms with Crippen molar-refractivity contribution < 1.29 is 27.6 Å². The molecule has 0 fully saturated rings. The third-order valence-electron chi connectivity index (χ3n) is 3.42. The zero-order valence-electron chi connectivity index (χ0n) is 14.7. The van der Waals surface area contributed by atoms with Gasteiger partial charge in [-0.3, -0.25) is 25.1 Å². The first-order chi connectivity index (χ1) is 14.2. The van der Waals surface area contributed by atoms with Gasteiger partial charge in [-0.2, -0.15) is 4.99 Å². The summed E-state index contributed by atoms with van der Waals surface area (Å²) in [6, 6.07) is 5.49. The van der Waals surface area contributed by atoms with Crippen molar-refractivity contribution in [3.8, 4) is 0 Å². The first kappa shape index (κ1) is 21.5. The van der Waals surface area contributed by atoms with E-state index < -0.39 is 40.9 Å². The molecule has 0 saturated carbocycles. The molecule has 3 N–H and O–H groups in total. The average molecular weight is 498 g/mol. The first-order valence-corrected chi connectivity index (χ1v) is 9.76. The van der Waals surface area contributed by atoms with E-state index in [9.17, 15) is 23.2 Å². The summed E-state index contributed by atoms with van der Waals surface area (Å²) in [7, 11) is 0. The van der Waals surface area contributed by atoms with Crippen molar-refractivity contribution in [3.63, 3.8) is 0 Å². The quantitative estimate of drug-likeness (QED) is 0.596. The molecule has 3 amide bonds. The summed E-state index contributed by atoms with van der Waals surface area (Å²) in [5.41, 5.74) is -0.725. The highest BCUT2D eigenvalue weighted by atomic mass is 79.9. The highest BCUT2D eigenvalue weighted by molar-refractivity contribution is 9.10. The predicted octanol–water partition coefficient (Wildman–Crippen LogP) is 2.74. The summed E-state index contributed by atoms with van der Waals surface area (Å²) >= 11 is 3.80. The first-order valence-electron chi connectivity index (χ1n) is 7.98. The van der Waals surface area contributed by atoms with Gasteiger partial charge in [0.25, 0.3) is 5.91 Å². The molecule has 0 radical (unpaired) electrons. The average Bonchev–Trinajstić information content (AvgIpc) is 3.11. The number of nitrogens with one attached hydrogen (secondary N) is 3. The lowest BCUT2D eigenvalue weighted by atomic mass is 10.3. The Morgan fingerprint density at radius 3 is 2.70 bits per heavy atom. The van der Waals surface area contributed by atoms with Crippen molar-refractivity contribution in [1.82, 2.24) is 5.32 Å². The molecule has 1 aliphatic rings. The van der Waals surface area contributed by atoms with Crippen LogP contribution in [0.15, 0.2) is 49.4 Å². The smallest absolute Gasteiger partial charge is 0.313 e. The van der Waals surface area contributed by atoms with Gasteiger partial charge in [0.05, 0.1) is 11.4 Å². The molecule has 30 heavy (non-hydrogen) atoms. The summed E-state index contributed by atoms with van der Waals surface area (Å²) in [6.45, 7) is 0. The molecule has 0 bridgehead atoms. The fourth-order valence-corrected chi connectivity index (χ4v) is 3.08. The van der Waals surface area contributed by atoms with Gasteiger partial charge in [-0.1, -0.05) is 11.8 Å². The molecular weight excluding hydrogens is 488 g/mol. The third kappa shape index (κ3) is 5.24. The summed E-state index contributed by atoms with van der Waals surface area (Å²) in [5.74, 6) is -5.10. The maximum atomic E-state index is 13.6. The molecule has 0 aliphatic carbocycles. The van der Waals surface area contributed by atoms with Gasteiger partial charge in [0.15, 0.2) is 27.1 Å². The standard InChI is InChI=1S/C17H10BrF2N5O4S/c18-11-4-3-10(29-11)15(27)23-13-14(21)24-17(25-16(13)28)30-6-12(26)22-9-2-1-7(19)5-8(9)20/h1-5H,6H2,(H,22,26)(H2,21,24,25,28). The molecule has 3 rings (SSSR count). The van der Waals surface area contributed by atoms with Crippen LogP contribution in [0.25, 0.3) is 0 Å². The maximum absolute atomic E-state index is 13.6. The highest BCUT2D eigenvalue weighted by Crippen LogP contribution is 2.17. The van der Waals surface area contributed by atoms with Crippen LogP contribution in [0.4, 0.5) is 14.5 Å². The number of halogens is 3. The largest absolute Gasteiger partial charge is 0.444 e. The van der Waals surface area contributed by atoms with Gasteiger partial charge in [0.2, 0.25) is 5.91 Å². The van der Waals surface area contributed by atoms with E-state index in [4.69, 9.17) is 9.83 Å². The van der Waals surface area contributed by atoms with E-state index in [1.54, 1.807) is 0 Å². The number of anilines is 1. The number of hydrogen-bond donors (Lipinski definition) is 3. The Morgan fingerprint density at radius 1 is 1.30 bits per heavy atom. The van der Waals surface area contributed by atoms with E-state index in [0.717, 1.165) is 23.9 Å². The van der Waals surface area contributed by atoms with Crippen LogP contribution in [0.3, 0.4) is 0 Å². The lowest BCUT2D eigenvalue weighted by Crippen LogP contribution is -2.43. The van der Waals surface area contributed by atoms with E-state index in [1.165, 1.54) is 12.1 Å². The van der Waals surface area contributed by atoms with Crippen molar-refractivity contribution in [2.45, 2.75) is 0 Å². The van der Waals surface area contributed by atoms with Crippen LogP contribution in [-0.2, 0) is 9.59 Å².